The van der Waals surface area contributed by atoms with Crippen molar-refractivity contribution in [2.75, 3.05) is 19.6 Å². The van der Waals surface area contributed by atoms with Crippen LogP contribution in [0.1, 0.15) is 28.4 Å². The summed E-state index contributed by atoms with van der Waals surface area (Å²) in [5, 5.41) is 6.96. The summed E-state index contributed by atoms with van der Waals surface area (Å²) in [6.45, 7) is 5.06. The second-order valence-electron chi connectivity index (χ2n) is 5.08. The zero-order chi connectivity index (χ0) is 15.0. The normalized spacial score (nSPS) is 15.9. The molecular weight excluding hydrogens is 272 g/mol. The van der Waals surface area contributed by atoms with Crippen LogP contribution in [0, 0.1) is 13.8 Å². The van der Waals surface area contributed by atoms with Crippen LogP contribution in [0.4, 0.5) is 0 Å². The van der Waals surface area contributed by atoms with Gasteiger partial charge in [0.15, 0.2) is 0 Å². The topological polar surface area (TPSA) is 92.5 Å². The standard InChI is InChI=1S/C13H16N6O2/c1-8-7-9(2)19-13(15-8)16-11(17-19)12(21)18-5-3-10(20)14-4-6-18/h7H,3-6H2,1-2H3,(H,14,20). The molecule has 8 heteroatoms. The van der Waals surface area contributed by atoms with Gasteiger partial charge in [-0.2, -0.15) is 4.98 Å². The van der Waals surface area contributed by atoms with Crippen molar-refractivity contribution >= 4 is 17.6 Å². The molecule has 1 aliphatic rings. The maximum atomic E-state index is 12.4. The highest BCUT2D eigenvalue weighted by molar-refractivity contribution is 5.91. The van der Waals surface area contributed by atoms with Gasteiger partial charge in [0.25, 0.3) is 11.7 Å². The van der Waals surface area contributed by atoms with Crippen LogP contribution in [0.15, 0.2) is 6.07 Å². The van der Waals surface area contributed by atoms with Crippen molar-refractivity contribution in [1.82, 2.24) is 29.8 Å². The molecule has 0 aliphatic carbocycles. The van der Waals surface area contributed by atoms with E-state index in [1.807, 2.05) is 19.9 Å². The number of hydrogen-bond donors (Lipinski definition) is 1. The highest BCUT2D eigenvalue weighted by Crippen LogP contribution is 2.08. The lowest BCUT2D eigenvalue weighted by Gasteiger charge is -2.17. The van der Waals surface area contributed by atoms with Gasteiger partial charge in [-0.15, -0.1) is 5.10 Å². The number of rotatable bonds is 1. The minimum atomic E-state index is -0.269. The number of aromatic nitrogens is 4. The minimum absolute atomic E-state index is 0.0404. The van der Waals surface area contributed by atoms with E-state index in [1.54, 1.807) is 9.42 Å². The first-order valence-corrected chi connectivity index (χ1v) is 6.81. The lowest BCUT2D eigenvalue weighted by Crippen LogP contribution is -2.34. The highest BCUT2D eigenvalue weighted by atomic mass is 16.2. The molecule has 0 atom stereocenters. The molecule has 0 radical (unpaired) electrons. The van der Waals surface area contributed by atoms with E-state index < -0.39 is 0 Å². The van der Waals surface area contributed by atoms with Gasteiger partial charge in [0.05, 0.1) is 0 Å². The number of fused-ring (bicyclic) bond motifs is 1. The predicted molar refractivity (Wildman–Crippen MR) is 73.8 cm³/mol. The maximum absolute atomic E-state index is 12.4. The van der Waals surface area contributed by atoms with Crippen molar-refractivity contribution in [3.63, 3.8) is 0 Å². The Labute approximate surface area is 121 Å². The fraction of sp³-hybridized carbons (Fsp3) is 0.462. The van der Waals surface area contributed by atoms with Crippen LogP contribution in [0.3, 0.4) is 0 Å². The number of aryl methyl sites for hydroxylation is 2. The summed E-state index contributed by atoms with van der Waals surface area (Å²) in [6.07, 6.45) is 0.301. The predicted octanol–water partition coefficient (Wildman–Crippen LogP) is -0.297. The molecule has 1 aliphatic heterocycles. The first-order valence-electron chi connectivity index (χ1n) is 6.81. The van der Waals surface area contributed by atoms with Crippen LogP contribution in [0.5, 0.6) is 0 Å². The molecule has 3 heterocycles. The van der Waals surface area contributed by atoms with Crippen molar-refractivity contribution in [1.29, 1.82) is 0 Å². The van der Waals surface area contributed by atoms with E-state index in [9.17, 15) is 9.59 Å². The highest BCUT2D eigenvalue weighted by Gasteiger charge is 2.23. The van der Waals surface area contributed by atoms with Gasteiger partial charge in [0, 0.05) is 37.4 Å². The Morgan fingerprint density at radius 2 is 2.10 bits per heavy atom. The quantitative estimate of drug-likeness (QED) is 0.778. The van der Waals surface area contributed by atoms with Gasteiger partial charge in [-0.1, -0.05) is 0 Å². The summed E-state index contributed by atoms with van der Waals surface area (Å²) in [5.74, 6) is 0.223. The van der Waals surface area contributed by atoms with Gasteiger partial charge in [-0.3, -0.25) is 9.59 Å². The molecular formula is C13H16N6O2. The Kier molecular flexibility index (Phi) is 3.28. The number of nitrogens with one attached hydrogen (secondary N) is 1. The first-order chi connectivity index (χ1) is 10.0. The van der Waals surface area contributed by atoms with E-state index in [1.165, 1.54) is 0 Å². The SMILES string of the molecule is Cc1cc(C)n2nc(C(=O)N3CCNC(=O)CC3)nc2n1. The van der Waals surface area contributed by atoms with Crippen LogP contribution in [-0.2, 0) is 4.79 Å². The van der Waals surface area contributed by atoms with E-state index >= 15 is 0 Å². The fourth-order valence-corrected chi connectivity index (χ4v) is 2.37. The third-order valence-electron chi connectivity index (χ3n) is 3.41. The minimum Gasteiger partial charge on any atom is -0.354 e. The van der Waals surface area contributed by atoms with E-state index in [2.05, 4.69) is 20.4 Å². The summed E-state index contributed by atoms with van der Waals surface area (Å²) >= 11 is 0. The Balaban J connectivity index is 1.91. The Morgan fingerprint density at radius 1 is 1.29 bits per heavy atom. The molecule has 0 bridgehead atoms. The lowest BCUT2D eigenvalue weighted by molar-refractivity contribution is -0.120. The summed E-state index contributed by atoms with van der Waals surface area (Å²) in [5.41, 5.74) is 1.70. The molecule has 2 amide bonds. The average molecular weight is 288 g/mol. The molecule has 0 unspecified atom stereocenters. The largest absolute Gasteiger partial charge is 0.354 e. The summed E-state index contributed by atoms with van der Waals surface area (Å²) in [6, 6.07) is 1.88. The fourth-order valence-electron chi connectivity index (χ4n) is 2.37. The Morgan fingerprint density at radius 3 is 2.90 bits per heavy atom. The van der Waals surface area contributed by atoms with Crippen LogP contribution in [-0.4, -0.2) is 55.9 Å². The summed E-state index contributed by atoms with van der Waals surface area (Å²) in [7, 11) is 0. The van der Waals surface area contributed by atoms with E-state index in [4.69, 9.17) is 0 Å². The molecule has 0 aromatic carbocycles. The first kappa shape index (κ1) is 13.5. The van der Waals surface area contributed by atoms with Crippen LogP contribution < -0.4 is 5.32 Å². The molecule has 0 saturated carbocycles. The number of carbonyl (C=O) groups excluding carboxylic acids is 2. The molecule has 1 fully saturated rings. The van der Waals surface area contributed by atoms with E-state index in [0.717, 1.165) is 11.4 Å². The molecule has 3 rings (SSSR count). The van der Waals surface area contributed by atoms with Crippen molar-refractivity contribution in [2.45, 2.75) is 20.3 Å². The van der Waals surface area contributed by atoms with Crippen LogP contribution in [0.25, 0.3) is 5.78 Å². The van der Waals surface area contributed by atoms with Gasteiger partial charge >= 0.3 is 0 Å². The number of nitrogens with zero attached hydrogens (tertiary/aromatic N) is 5. The number of hydrogen-bond acceptors (Lipinski definition) is 5. The van der Waals surface area contributed by atoms with E-state index in [0.29, 0.717) is 31.8 Å². The van der Waals surface area contributed by atoms with Crippen molar-refractivity contribution in [3.8, 4) is 0 Å². The molecule has 21 heavy (non-hydrogen) atoms. The molecule has 2 aromatic rings. The number of amides is 2. The maximum Gasteiger partial charge on any atom is 0.293 e. The second-order valence-corrected chi connectivity index (χ2v) is 5.08. The average Bonchev–Trinajstić information content (AvgIpc) is 2.74. The summed E-state index contributed by atoms with van der Waals surface area (Å²) < 4.78 is 1.56. The zero-order valence-corrected chi connectivity index (χ0v) is 12.0. The molecule has 0 spiro atoms. The Hall–Kier alpha value is -2.51. The molecule has 8 nitrogen and oxygen atoms in total. The summed E-state index contributed by atoms with van der Waals surface area (Å²) in [4.78, 5) is 33.8. The van der Waals surface area contributed by atoms with Gasteiger partial charge in [-0.05, 0) is 19.9 Å². The van der Waals surface area contributed by atoms with Gasteiger partial charge in [0.2, 0.25) is 11.7 Å². The number of carbonyl (C=O) groups is 2. The van der Waals surface area contributed by atoms with E-state index in [-0.39, 0.29) is 17.6 Å². The van der Waals surface area contributed by atoms with Crippen molar-refractivity contribution < 1.29 is 9.59 Å². The molecule has 110 valence electrons. The third-order valence-corrected chi connectivity index (χ3v) is 3.41. The van der Waals surface area contributed by atoms with Gasteiger partial charge < -0.3 is 10.2 Å². The Bertz CT molecular complexity index is 723. The second kappa shape index (κ2) is 5.12. The van der Waals surface area contributed by atoms with Gasteiger partial charge in [0.1, 0.15) is 0 Å². The van der Waals surface area contributed by atoms with Crippen molar-refractivity contribution in [3.05, 3.63) is 23.3 Å². The molecule has 1 N–H and O–H groups in total. The zero-order valence-electron chi connectivity index (χ0n) is 12.0. The monoisotopic (exact) mass is 288 g/mol. The van der Waals surface area contributed by atoms with Crippen molar-refractivity contribution in [2.24, 2.45) is 0 Å². The third kappa shape index (κ3) is 2.56. The van der Waals surface area contributed by atoms with Crippen LogP contribution in [0.2, 0.25) is 0 Å². The van der Waals surface area contributed by atoms with Crippen LogP contribution >= 0.6 is 0 Å². The van der Waals surface area contributed by atoms with Gasteiger partial charge in [-0.25, -0.2) is 9.50 Å². The smallest absolute Gasteiger partial charge is 0.293 e. The molecule has 2 aromatic heterocycles. The molecule has 1 saturated heterocycles. The lowest BCUT2D eigenvalue weighted by atomic mass is 10.3.